The summed E-state index contributed by atoms with van der Waals surface area (Å²) < 4.78 is 5.35. The van der Waals surface area contributed by atoms with Gasteiger partial charge in [-0.25, -0.2) is 4.79 Å². The second kappa shape index (κ2) is 8.48. The van der Waals surface area contributed by atoms with Gasteiger partial charge in [0, 0.05) is 23.5 Å². The molecule has 33 heavy (non-hydrogen) atoms. The molecule has 2 heterocycles. The zero-order valence-electron chi connectivity index (χ0n) is 18.6. The number of nitrogens with zero attached hydrogens (tertiary/aromatic N) is 2. The number of urea groups is 1. The van der Waals surface area contributed by atoms with Crippen molar-refractivity contribution in [3.8, 4) is 5.75 Å². The Morgan fingerprint density at radius 1 is 1.09 bits per heavy atom. The van der Waals surface area contributed by atoms with Gasteiger partial charge in [0.15, 0.2) is 4.87 Å². The zero-order valence-corrected chi connectivity index (χ0v) is 19.4. The van der Waals surface area contributed by atoms with Crippen LogP contribution in [0.5, 0.6) is 5.75 Å². The van der Waals surface area contributed by atoms with E-state index in [9.17, 15) is 9.59 Å². The summed E-state index contributed by atoms with van der Waals surface area (Å²) in [6.07, 6.45) is 0. The third kappa shape index (κ3) is 3.62. The highest BCUT2D eigenvalue weighted by Gasteiger charge is 2.59. The van der Waals surface area contributed by atoms with Crippen LogP contribution in [-0.4, -0.2) is 36.2 Å². The largest absolute Gasteiger partial charge is 0.497 e. The summed E-state index contributed by atoms with van der Waals surface area (Å²) in [6, 6.07) is 22.9. The Morgan fingerprint density at radius 3 is 2.67 bits per heavy atom. The van der Waals surface area contributed by atoms with E-state index in [1.54, 1.807) is 16.9 Å². The first-order valence-corrected chi connectivity index (χ1v) is 11.8. The molecule has 0 radical (unpaired) electrons. The third-order valence-electron chi connectivity index (χ3n) is 6.12. The molecule has 0 aliphatic carbocycles. The summed E-state index contributed by atoms with van der Waals surface area (Å²) >= 11 is 1.52. The van der Waals surface area contributed by atoms with E-state index < -0.39 is 4.87 Å². The monoisotopic (exact) mass is 459 g/mol. The number of fused-ring (bicyclic) bond motifs is 2. The van der Waals surface area contributed by atoms with Crippen molar-refractivity contribution in [3.05, 3.63) is 89.5 Å². The lowest BCUT2D eigenvalue weighted by atomic mass is 10.1. The van der Waals surface area contributed by atoms with Crippen molar-refractivity contribution in [2.75, 3.05) is 29.6 Å². The molecule has 0 bridgehead atoms. The highest BCUT2D eigenvalue weighted by atomic mass is 32.2. The number of anilines is 2. The lowest BCUT2D eigenvalue weighted by Gasteiger charge is -2.33. The lowest BCUT2D eigenvalue weighted by Crippen LogP contribution is -2.51. The molecule has 1 N–H and O–H groups in total. The number of aryl methyl sites for hydroxylation is 1. The fraction of sp³-hybridized carbons (Fsp3) is 0.231. The van der Waals surface area contributed by atoms with Crippen molar-refractivity contribution in [1.82, 2.24) is 4.90 Å². The molecular formula is C26H25N3O3S. The van der Waals surface area contributed by atoms with Crippen molar-refractivity contribution in [1.29, 1.82) is 0 Å². The third-order valence-corrected chi connectivity index (χ3v) is 7.54. The van der Waals surface area contributed by atoms with Gasteiger partial charge in [-0.05, 0) is 42.8 Å². The first kappa shape index (κ1) is 21.4. The summed E-state index contributed by atoms with van der Waals surface area (Å²) in [5, 5.41) is 2.98. The van der Waals surface area contributed by atoms with Crippen molar-refractivity contribution in [2.24, 2.45) is 0 Å². The van der Waals surface area contributed by atoms with Gasteiger partial charge in [0.2, 0.25) is 0 Å². The van der Waals surface area contributed by atoms with Crippen LogP contribution < -0.4 is 15.0 Å². The minimum Gasteiger partial charge on any atom is -0.497 e. The fourth-order valence-electron chi connectivity index (χ4n) is 4.51. The fourth-order valence-corrected chi connectivity index (χ4v) is 5.97. The van der Waals surface area contributed by atoms with Crippen LogP contribution in [0, 0.1) is 6.92 Å². The van der Waals surface area contributed by atoms with Crippen molar-refractivity contribution >= 4 is 35.1 Å². The molecule has 1 spiro atoms. The summed E-state index contributed by atoms with van der Waals surface area (Å²) in [5.74, 6) is 1.35. The molecule has 168 valence electrons. The van der Waals surface area contributed by atoms with E-state index in [0.717, 1.165) is 28.1 Å². The minimum absolute atomic E-state index is 0.0897. The Morgan fingerprint density at radius 2 is 1.88 bits per heavy atom. The van der Waals surface area contributed by atoms with E-state index in [1.165, 1.54) is 11.8 Å². The van der Waals surface area contributed by atoms with Crippen LogP contribution in [0.3, 0.4) is 0 Å². The molecule has 1 fully saturated rings. The topological polar surface area (TPSA) is 61.9 Å². The first-order valence-electron chi connectivity index (χ1n) is 10.9. The van der Waals surface area contributed by atoms with E-state index in [0.29, 0.717) is 24.5 Å². The average molecular weight is 460 g/mol. The number of hydrogen-bond donors (Lipinski definition) is 1. The summed E-state index contributed by atoms with van der Waals surface area (Å²) in [6.45, 7) is 2.90. The Hall–Kier alpha value is -3.45. The summed E-state index contributed by atoms with van der Waals surface area (Å²) in [7, 11) is 1.63. The molecule has 7 heteroatoms. The van der Waals surface area contributed by atoms with Crippen LogP contribution in [0.15, 0.2) is 72.8 Å². The van der Waals surface area contributed by atoms with E-state index >= 15 is 0 Å². The molecule has 1 atom stereocenters. The smallest absolute Gasteiger partial charge is 0.323 e. The lowest BCUT2D eigenvalue weighted by molar-refractivity contribution is -0.123. The zero-order chi connectivity index (χ0) is 23.0. The number of methoxy groups -OCH3 is 1. The van der Waals surface area contributed by atoms with E-state index in [-0.39, 0.29) is 11.9 Å². The number of rotatable bonds is 4. The Labute approximate surface area is 197 Å². The van der Waals surface area contributed by atoms with Crippen molar-refractivity contribution in [2.45, 2.75) is 18.3 Å². The number of nitrogens with one attached hydrogen (secondary N) is 1. The second-order valence-electron chi connectivity index (χ2n) is 8.20. The summed E-state index contributed by atoms with van der Waals surface area (Å²) in [5.41, 5.74) is 4.50. The maximum absolute atomic E-state index is 14.0. The molecule has 0 saturated carbocycles. The van der Waals surface area contributed by atoms with Gasteiger partial charge >= 0.3 is 6.03 Å². The molecule has 2 aliphatic rings. The quantitative estimate of drug-likeness (QED) is 0.598. The number of hydrogen-bond acceptors (Lipinski definition) is 4. The molecule has 6 nitrogen and oxygen atoms in total. The second-order valence-corrected chi connectivity index (χ2v) is 9.49. The van der Waals surface area contributed by atoms with Crippen LogP contribution in [-0.2, 0) is 16.2 Å². The predicted octanol–water partition coefficient (Wildman–Crippen LogP) is 4.98. The highest BCUT2D eigenvalue weighted by Crippen LogP contribution is 2.54. The normalized spacial score (nSPS) is 19.2. The van der Waals surface area contributed by atoms with Gasteiger partial charge in [0.1, 0.15) is 5.75 Å². The standard InChI is InChI=1S/C26H25N3O3S/c1-18-10-12-20(13-11-18)27-25(31)29-14-15-33-26(29)22-8-3-4-9-23(22)28(24(26)30)17-19-6-5-7-21(16-19)32-2/h3-13,16H,14-15,17H2,1-2H3,(H,27,31). The average Bonchev–Trinajstić information content (AvgIpc) is 3.38. The summed E-state index contributed by atoms with van der Waals surface area (Å²) in [4.78, 5) is 29.8. The minimum atomic E-state index is -1.07. The van der Waals surface area contributed by atoms with Gasteiger partial charge in [0.05, 0.1) is 19.3 Å². The number of ether oxygens (including phenoxy) is 1. The molecule has 0 aromatic heterocycles. The SMILES string of the molecule is COc1cccc(CN2C(=O)C3(SCCN3C(=O)Nc3ccc(C)cc3)c3ccccc32)c1. The highest BCUT2D eigenvalue weighted by molar-refractivity contribution is 8.01. The number of carbonyl (C=O) groups excluding carboxylic acids is 2. The van der Waals surface area contributed by atoms with E-state index in [2.05, 4.69) is 5.32 Å². The van der Waals surface area contributed by atoms with Gasteiger partial charge in [-0.3, -0.25) is 9.69 Å². The molecule has 3 aromatic carbocycles. The number of thioether (sulfide) groups is 1. The molecular weight excluding hydrogens is 434 g/mol. The van der Waals surface area contributed by atoms with Crippen LogP contribution in [0.2, 0.25) is 0 Å². The molecule has 1 unspecified atom stereocenters. The van der Waals surface area contributed by atoms with Crippen molar-refractivity contribution < 1.29 is 14.3 Å². The van der Waals surface area contributed by atoms with Gasteiger partial charge < -0.3 is 15.0 Å². The molecule has 3 amide bonds. The van der Waals surface area contributed by atoms with E-state index in [1.807, 2.05) is 79.7 Å². The molecule has 2 aliphatic heterocycles. The van der Waals surface area contributed by atoms with Crippen LogP contribution >= 0.6 is 11.8 Å². The number of para-hydroxylation sites is 1. The number of amides is 3. The van der Waals surface area contributed by atoms with Crippen LogP contribution in [0.4, 0.5) is 16.2 Å². The Bertz CT molecular complexity index is 1210. The number of benzene rings is 3. The van der Waals surface area contributed by atoms with E-state index in [4.69, 9.17) is 4.74 Å². The predicted molar refractivity (Wildman–Crippen MR) is 132 cm³/mol. The van der Waals surface area contributed by atoms with Gasteiger partial charge in [-0.1, -0.05) is 48.0 Å². The maximum Gasteiger partial charge on any atom is 0.323 e. The molecule has 1 saturated heterocycles. The van der Waals surface area contributed by atoms with Gasteiger partial charge in [-0.2, -0.15) is 0 Å². The maximum atomic E-state index is 14.0. The van der Waals surface area contributed by atoms with Crippen LogP contribution in [0.1, 0.15) is 16.7 Å². The van der Waals surface area contributed by atoms with Gasteiger partial charge in [0.25, 0.3) is 5.91 Å². The Kier molecular flexibility index (Phi) is 5.50. The van der Waals surface area contributed by atoms with Crippen molar-refractivity contribution in [3.63, 3.8) is 0 Å². The first-order chi connectivity index (χ1) is 16.0. The Balaban J connectivity index is 1.49. The number of carbonyl (C=O) groups is 2. The van der Waals surface area contributed by atoms with Gasteiger partial charge in [-0.15, -0.1) is 11.8 Å². The molecule has 5 rings (SSSR count). The molecule has 3 aromatic rings. The van der Waals surface area contributed by atoms with Crippen LogP contribution in [0.25, 0.3) is 0 Å².